The van der Waals surface area contributed by atoms with E-state index in [2.05, 4.69) is 20.3 Å². The average Bonchev–Trinajstić information content (AvgIpc) is 2.94. The molecule has 6 heteroatoms. The summed E-state index contributed by atoms with van der Waals surface area (Å²) in [6, 6.07) is 18.9. The van der Waals surface area contributed by atoms with Gasteiger partial charge in [0.1, 0.15) is 0 Å². The van der Waals surface area contributed by atoms with Crippen molar-refractivity contribution in [3.05, 3.63) is 72.6 Å². The summed E-state index contributed by atoms with van der Waals surface area (Å²) < 4.78 is 1.45. The van der Waals surface area contributed by atoms with Gasteiger partial charge in [0, 0.05) is 11.6 Å². The molecule has 122 valence electrons. The Morgan fingerprint density at radius 1 is 0.920 bits per heavy atom. The Hall–Kier alpha value is -3.54. The first-order valence-corrected chi connectivity index (χ1v) is 7.83. The highest BCUT2D eigenvalue weighted by molar-refractivity contribution is 5.89. The number of aromatic hydroxyl groups is 1. The number of rotatable bonds is 3. The monoisotopic (exact) mass is 329 g/mol. The molecule has 4 aromatic rings. The molecule has 0 spiro atoms. The summed E-state index contributed by atoms with van der Waals surface area (Å²) in [5.41, 5.74) is 3.25. The highest BCUT2D eigenvalue weighted by atomic mass is 16.3. The van der Waals surface area contributed by atoms with E-state index >= 15 is 0 Å². The molecule has 0 aliphatic carbocycles. The molecule has 2 aromatic carbocycles. The van der Waals surface area contributed by atoms with Gasteiger partial charge in [-0.3, -0.25) is 4.98 Å². The first-order valence-electron chi connectivity index (χ1n) is 7.83. The zero-order chi connectivity index (χ0) is 17.2. The van der Waals surface area contributed by atoms with E-state index in [0.717, 1.165) is 16.6 Å². The minimum atomic E-state index is -0.0363. The van der Waals surface area contributed by atoms with E-state index in [1.165, 1.54) is 4.68 Å². The van der Waals surface area contributed by atoms with E-state index in [-0.39, 0.29) is 5.88 Å². The van der Waals surface area contributed by atoms with Crippen LogP contribution in [0, 0.1) is 6.92 Å². The number of azo groups is 1. The molecular formula is C19H15N5O. The van der Waals surface area contributed by atoms with Crippen molar-refractivity contribution in [2.24, 2.45) is 10.2 Å². The molecule has 0 radical (unpaired) electrons. The van der Waals surface area contributed by atoms with Crippen LogP contribution in [0.1, 0.15) is 5.69 Å². The number of fused-ring (bicyclic) bond motifs is 1. The van der Waals surface area contributed by atoms with Crippen molar-refractivity contribution < 1.29 is 5.11 Å². The third kappa shape index (κ3) is 2.74. The second-order valence-corrected chi connectivity index (χ2v) is 5.55. The van der Waals surface area contributed by atoms with Crippen LogP contribution in [0.25, 0.3) is 16.6 Å². The van der Waals surface area contributed by atoms with Crippen LogP contribution in [-0.2, 0) is 0 Å². The summed E-state index contributed by atoms with van der Waals surface area (Å²) in [6.07, 6.45) is 1.74. The van der Waals surface area contributed by atoms with Crippen LogP contribution in [0.4, 0.5) is 11.4 Å². The number of pyridine rings is 1. The fourth-order valence-corrected chi connectivity index (χ4v) is 2.65. The number of aryl methyl sites for hydroxylation is 1. The van der Waals surface area contributed by atoms with Gasteiger partial charge in [-0.05, 0) is 43.3 Å². The molecular weight excluding hydrogens is 314 g/mol. The van der Waals surface area contributed by atoms with Crippen LogP contribution in [-0.4, -0.2) is 19.9 Å². The zero-order valence-corrected chi connectivity index (χ0v) is 13.5. The Balaban J connectivity index is 1.76. The van der Waals surface area contributed by atoms with Crippen LogP contribution in [0.15, 0.2) is 77.1 Å². The number of hydrogen-bond donors (Lipinski definition) is 1. The molecule has 0 saturated heterocycles. The molecule has 4 rings (SSSR count). The number of para-hydroxylation sites is 1. The summed E-state index contributed by atoms with van der Waals surface area (Å²) in [4.78, 5) is 4.31. The van der Waals surface area contributed by atoms with E-state index in [9.17, 15) is 5.11 Å². The van der Waals surface area contributed by atoms with Gasteiger partial charge in [0.15, 0.2) is 5.69 Å². The van der Waals surface area contributed by atoms with Crippen molar-refractivity contribution in [1.82, 2.24) is 14.8 Å². The van der Waals surface area contributed by atoms with Gasteiger partial charge in [0.2, 0.25) is 5.88 Å². The Kier molecular flexibility index (Phi) is 3.70. The van der Waals surface area contributed by atoms with Crippen LogP contribution in [0.5, 0.6) is 5.88 Å². The van der Waals surface area contributed by atoms with Crippen LogP contribution >= 0.6 is 0 Å². The summed E-state index contributed by atoms with van der Waals surface area (Å²) in [7, 11) is 0. The van der Waals surface area contributed by atoms with Gasteiger partial charge < -0.3 is 5.11 Å². The predicted octanol–water partition coefficient (Wildman–Crippen LogP) is 4.85. The summed E-state index contributed by atoms with van der Waals surface area (Å²) in [5, 5.41) is 24.3. The highest BCUT2D eigenvalue weighted by Gasteiger charge is 2.15. The standard InChI is InChI=1S/C19H15N5O/c1-13-18(19(25)24(23-13)14-7-3-2-4-8-14)22-21-17-11-5-10-16-15(17)9-6-12-20-16/h2-12,25H,1H3. The lowest BCUT2D eigenvalue weighted by Gasteiger charge is -2.02. The second-order valence-electron chi connectivity index (χ2n) is 5.55. The lowest BCUT2D eigenvalue weighted by Crippen LogP contribution is -1.94. The van der Waals surface area contributed by atoms with Crippen molar-refractivity contribution in [3.8, 4) is 11.6 Å². The maximum absolute atomic E-state index is 10.5. The van der Waals surface area contributed by atoms with E-state index < -0.39 is 0 Å². The lowest BCUT2D eigenvalue weighted by molar-refractivity contribution is 0.434. The fraction of sp³-hybridized carbons (Fsp3) is 0.0526. The molecule has 2 aromatic heterocycles. The average molecular weight is 329 g/mol. The van der Waals surface area contributed by atoms with Crippen molar-refractivity contribution in [1.29, 1.82) is 0 Å². The highest BCUT2D eigenvalue weighted by Crippen LogP contribution is 2.34. The summed E-state index contributed by atoms with van der Waals surface area (Å²) in [6.45, 7) is 1.79. The topological polar surface area (TPSA) is 75.7 Å². The maximum atomic E-state index is 10.5. The van der Waals surface area contributed by atoms with Gasteiger partial charge in [-0.2, -0.15) is 9.78 Å². The largest absolute Gasteiger partial charge is 0.492 e. The van der Waals surface area contributed by atoms with Crippen molar-refractivity contribution in [2.45, 2.75) is 6.92 Å². The summed E-state index contributed by atoms with van der Waals surface area (Å²) >= 11 is 0. The normalized spacial score (nSPS) is 11.4. The number of nitrogens with zero attached hydrogens (tertiary/aromatic N) is 5. The van der Waals surface area contributed by atoms with Crippen molar-refractivity contribution >= 4 is 22.3 Å². The SMILES string of the molecule is Cc1nn(-c2ccccc2)c(O)c1N=Nc1cccc2ncccc12. The number of aromatic nitrogens is 3. The Morgan fingerprint density at radius 3 is 2.60 bits per heavy atom. The first kappa shape index (κ1) is 15.0. The molecule has 0 aliphatic rings. The number of benzene rings is 2. The molecule has 0 aliphatic heterocycles. The predicted molar refractivity (Wildman–Crippen MR) is 95.9 cm³/mol. The molecule has 0 amide bonds. The van der Waals surface area contributed by atoms with E-state index in [4.69, 9.17) is 0 Å². The molecule has 1 N–H and O–H groups in total. The maximum Gasteiger partial charge on any atom is 0.243 e. The molecule has 0 saturated carbocycles. The Bertz CT molecular complexity index is 1060. The Morgan fingerprint density at radius 2 is 1.76 bits per heavy atom. The van der Waals surface area contributed by atoms with E-state index in [1.54, 1.807) is 13.1 Å². The Labute approximate surface area is 144 Å². The summed E-state index contributed by atoms with van der Waals surface area (Å²) in [5.74, 6) is -0.0363. The van der Waals surface area contributed by atoms with Crippen molar-refractivity contribution in [2.75, 3.05) is 0 Å². The second kappa shape index (κ2) is 6.16. The molecule has 25 heavy (non-hydrogen) atoms. The first-order chi connectivity index (χ1) is 12.2. The molecule has 6 nitrogen and oxygen atoms in total. The molecule has 2 heterocycles. The third-order valence-corrected chi connectivity index (χ3v) is 3.89. The molecule has 0 unspecified atom stereocenters. The minimum Gasteiger partial charge on any atom is -0.492 e. The lowest BCUT2D eigenvalue weighted by atomic mass is 10.2. The van der Waals surface area contributed by atoms with Gasteiger partial charge in [-0.25, -0.2) is 0 Å². The van der Waals surface area contributed by atoms with Gasteiger partial charge in [-0.1, -0.05) is 24.3 Å². The van der Waals surface area contributed by atoms with E-state index in [0.29, 0.717) is 17.1 Å². The quantitative estimate of drug-likeness (QED) is 0.546. The van der Waals surface area contributed by atoms with Gasteiger partial charge in [-0.15, -0.1) is 10.2 Å². The van der Waals surface area contributed by atoms with Gasteiger partial charge in [0.25, 0.3) is 0 Å². The van der Waals surface area contributed by atoms with E-state index in [1.807, 2.05) is 60.7 Å². The number of hydrogen-bond acceptors (Lipinski definition) is 5. The third-order valence-electron chi connectivity index (χ3n) is 3.89. The van der Waals surface area contributed by atoms with Crippen LogP contribution < -0.4 is 0 Å². The smallest absolute Gasteiger partial charge is 0.243 e. The zero-order valence-electron chi connectivity index (χ0n) is 13.5. The van der Waals surface area contributed by atoms with Crippen LogP contribution in [0.3, 0.4) is 0 Å². The molecule has 0 fully saturated rings. The van der Waals surface area contributed by atoms with Gasteiger partial charge >= 0.3 is 0 Å². The minimum absolute atomic E-state index is 0.0363. The fourth-order valence-electron chi connectivity index (χ4n) is 2.65. The molecule has 0 atom stereocenters. The van der Waals surface area contributed by atoms with Crippen molar-refractivity contribution in [3.63, 3.8) is 0 Å². The molecule has 0 bridgehead atoms. The van der Waals surface area contributed by atoms with Crippen LogP contribution in [0.2, 0.25) is 0 Å². The van der Waals surface area contributed by atoms with Gasteiger partial charge in [0.05, 0.1) is 22.6 Å².